The number of aromatic nitrogens is 2. The molecule has 23 heavy (non-hydrogen) atoms. The topological polar surface area (TPSA) is 79.5 Å². The molecule has 0 N–H and O–H groups in total. The summed E-state index contributed by atoms with van der Waals surface area (Å²) in [6.07, 6.45) is 0. The highest BCUT2D eigenvalue weighted by molar-refractivity contribution is 7.88. The van der Waals surface area contributed by atoms with Crippen LogP contribution in [0.3, 0.4) is 0 Å². The zero-order valence-corrected chi connectivity index (χ0v) is 13.9. The summed E-state index contributed by atoms with van der Waals surface area (Å²) in [5.74, 6) is 1.24. The molecule has 1 aromatic heterocycles. The molecule has 124 valence electrons. The van der Waals surface area contributed by atoms with Crippen LogP contribution < -0.4 is 0 Å². The maximum absolute atomic E-state index is 12.5. The molecule has 0 bridgehead atoms. The van der Waals surface area contributed by atoms with Crippen molar-refractivity contribution >= 4 is 10.0 Å². The molecule has 1 aliphatic heterocycles. The van der Waals surface area contributed by atoms with Gasteiger partial charge in [-0.15, -0.1) is 0 Å². The number of nitrogens with zero attached hydrogens (tertiary/aromatic N) is 4. The Balaban J connectivity index is 1.55. The number of benzene rings is 1. The lowest BCUT2D eigenvalue weighted by Gasteiger charge is -2.33. The molecule has 0 saturated carbocycles. The van der Waals surface area contributed by atoms with E-state index in [-0.39, 0.29) is 5.75 Å². The van der Waals surface area contributed by atoms with Crippen molar-refractivity contribution < 1.29 is 12.9 Å². The first-order valence-electron chi connectivity index (χ1n) is 7.56. The third-order valence-electron chi connectivity index (χ3n) is 3.85. The maximum Gasteiger partial charge on any atom is 0.223 e. The van der Waals surface area contributed by atoms with Gasteiger partial charge in [0, 0.05) is 33.1 Å². The summed E-state index contributed by atoms with van der Waals surface area (Å²) in [4.78, 5) is 6.31. The van der Waals surface area contributed by atoms with Gasteiger partial charge in [-0.2, -0.15) is 9.29 Å². The van der Waals surface area contributed by atoms with E-state index in [0.717, 1.165) is 5.56 Å². The van der Waals surface area contributed by atoms with E-state index in [9.17, 15) is 8.42 Å². The number of hydrogen-bond acceptors (Lipinski definition) is 6. The summed E-state index contributed by atoms with van der Waals surface area (Å²) in [7, 11) is -3.27. The van der Waals surface area contributed by atoms with Crippen LogP contribution in [0.1, 0.15) is 17.3 Å². The minimum Gasteiger partial charge on any atom is -0.340 e. The van der Waals surface area contributed by atoms with Crippen LogP contribution in [0.4, 0.5) is 0 Å². The molecule has 7 nitrogen and oxygen atoms in total. The summed E-state index contributed by atoms with van der Waals surface area (Å²) in [6, 6.07) is 9.28. The first kappa shape index (κ1) is 16.1. The van der Waals surface area contributed by atoms with Gasteiger partial charge in [-0.25, -0.2) is 8.42 Å². The third kappa shape index (κ3) is 4.15. The van der Waals surface area contributed by atoms with Gasteiger partial charge in [-0.05, 0) is 5.56 Å². The largest absolute Gasteiger partial charge is 0.340 e. The average Bonchev–Trinajstić information content (AvgIpc) is 2.93. The van der Waals surface area contributed by atoms with E-state index in [2.05, 4.69) is 15.0 Å². The first-order chi connectivity index (χ1) is 11.0. The second kappa shape index (κ2) is 6.77. The van der Waals surface area contributed by atoms with Gasteiger partial charge in [-0.1, -0.05) is 35.5 Å². The van der Waals surface area contributed by atoms with E-state index in [0.29, 0.717) is 44.4 Å². The van der Waals surface area contributed by atoms with Crippen molar-refractivity contribution in [1.29, 1.82) is 0 Å². The van der Waals surface area contributed by atoms with Gasteiger partial charge in [0.1, 0.15) is 0 Å². The van der Waals surface area contributed by atoms with Crippen LogP contribution >= 0.6 is 0 Å². The summed E-state index contributed by atoms with van der Waals surface area (Å²) in [5.41, 5.74) is 0.817. The Hall–Kier alpha value is -1.77. The molecular formula is C15H20N4O3S. The Kier molecular flexibility index (Phi) is 4.74. The average molecular weight is 336 g/mol. The van der Waals surface area contributed by atoms with Crippen molar-refractivity contribution in [1.82, 2.24) is 19.3 Å². The zero-order valence-electron chi connectivity index (χ0n) is 13.1. The highest BCUT2D eigenvalue weighted by atomic mass is 32.2. The molecule has 1 saturated heterocycles. The normalized spacial score (nSPS) is 17.4. The minimum absolute atomic E-state index is 0.0534. The molecule has 0 spiro atoms. The van der Waals surface area contributed by atoms with E-state index in [4.69, 9.17) is 4.52 Å². The Bertz CT molecular complexity index is 737. The maximum atomic E-state index is 12.5. The molecule has 0 atom stereocenters. The predicted octanol–water partition coefficient (Wildman–Crippen LogP) is 1.03. The molecular weight excluding hydrogens is 316 g/mol. The summed E-state index contributed by atoms with van der Waals surface area (Å²) in [6.45, 7) is 4.66. The second-order valence-corrected chi connectivity index (χ2v) is 7.62. The Morgan fingerprint density at radius 1 is 1.13 bits per heavy atom. The molecule has 1 fully saturated rings. The van der Waals surface area contributed by atoms with Crippen molar-refractivity contribution in [2.75, 3.05) is 26.2 Å². The number of piperazine rings is 1. The third-order valence-corrected chi connectivity index (χ3v) is 5.70. The number of aryl methyl sites for hydroxylation is 1. The molecule has 0 radical (unpaired) electrons. The Morgan fingerprint density at radius 3 is 2.43 bits per heavy atom. The van der Waals surface area contributed by atoms with Crippen LogP contribution in [0.15, 0.2) is 34.9 Å². The molecule has 0 unspecified atom stereocenters. The molecule has 1 aliphatic rings. The summed E-state index contributed by atoms with van der Waals surface area (Å²) in [5, 5.41) is 3.87. The quantitative estimate of drug-likeness (QED) is 0.811. The van der Waals surface area contributed by atoms with Crippen LogP contribution in [0.5, 0.6) is 0 Å². The van der Waals surface area contributed by atoms with Crippen molar-refractivity contribution in [3.8, 4) is 0 Å². The number of sulfonamides is 1. The predicted molar refractivity (Wildman–Crippen MR) is 85.0 cm³/mol. The summed E-state index contributed by atoms with van der Waals surface area (Å²) >= 11 is 0. The van der Waals surface area contributed by atoms with Crippen molar-refractivity contribution in [2.24, 2.45) is 0 Å². The van der Waals surface area contributed by atoms with Gasteiger partial charge in [0.15, 0.2) is 5.82 Å². The Labute approximate surface area is 136 Å². The fourth-order valence-electron chi connectivity index (χ4n) is 2.65. The van der Waals surface area contributed by atoms with Gasteiger partial charge in [-0.3, -0.25) is 4.90 Å². The molecule has 3 rings (SSSR count). The van der Waals surface area contributed by atoms with Crippen LogP contribution in [0, 0.1) is 6.92 Å². The van der Waals surface area contributed by atoms with E-state index >= 15 is 0 Å². The van der Waals surface area contributed by atoms with Crippen molar-refractivity contribution in [2.45, 2.75) is 19.2 Å². The monoisotopic (exact) mass is 336 g/mol. The second-order valence-electron chi connectivity index (χ2n) is 5.65. The van der Waals surface area contributed by atoms with Crippen molar-refractivity contribution in [3.63, 3.8) is 0 Å². The smallest absolute Gasteiger partial charge is 0.223 e. The molecule has 2 aromatic rings. The lowest BCUT2D eigenvalue weighted by Crippen LogP contribution is -2.48. The highest BCUT2D eigenvalue weighted by Gasteiger charge is 2.27. The van der Waals surface area contributed by atoms with Gasteiger partial charge < -0.3 is 4.52 Å². The molecule has 0 aliphatic carbocycles. The van der Waals surface area contributed by atoms with Gasteiger partial charge >= 0.3 is 0 Å². The number of hydrogen-bond donors (Lipinski definition) is 0. The van der Waals surface area contributed by atoms with Gasteiger partial charge in [0.25, 0.3) is 0 Å². The van der Waals surface area contributed by atoms with E-state index in [1.807, 2.05) is 30.3 Å². The molecule has 2 heterocycles. The van der Waals surface area contributed by atoms with E-state index < -0.39 is 10.0 Å². The lowest BCUT2D eigenvalue weighted by atomic mass is 10.2. The fraction of sp³-hybridized carbons (Fsp3) is 0.467. The minimum atomic E-state index is -3.27. The molecule has 0 amide bonds. The summed E-state index contributed by atoms with van der Waals surface area (Å²) < 4.78 is 31.5. The van der Waals surface area contributed by atoms with Crippen LogP contribution in [-0.2, 0) is 22.3 Å². The van der Waals surface area contributed by atoms with E-state index in [1.54, 1.807) is 11.2 Å². The van der Waals surface area contributed by atoms with Gasteiger partial charge in [0.05, 0.1) is 12.3 Å². The Morgan fingerprint density at radius 2 is 1.83 bits per heavy atom. The standard InChI is InChI=1S/C15H20N4O3S/c1-13-16-15(17-22-13)11-18-7-9-19(10-8-18)23(20,21)12-14-5-3-2-4-6-14/h2-6H,7-12H2,1H3. The highest BCUT2D eigenvalue weighted by Crippen LogP contribution is 2.14. The van der Waals surface area contributed by atoms with Crippen LogP contribution in [0.2, 0.25) is 0 Å². The lowest BCUT2D eigenvalue weighted by molar-refractivity contribution is 0.176. The van der Waals surface area contributed by atoms with Crippen LogP contribution in [0.25, 0.3) is 0 Å². The van der Waals surface area contributed by atoms with Crippen molar-refractivity contribution in [3.05, 3.63) is 47.6 Å². The fourth-order valence-corrected chi connectivity index (χ4v) is 4.16. The first-order valence-corrected chi connectivity index (χ1v) is 9.17. The van der Waals surface area contributed by atoms with Crippen LogP contribution in [-0.4, -0.2) is 53.9 Å². The number of rotatable bonds is 5. The SMILES string of the molecule is Cc1nc(CN2CCN(S(=O)(=O)Cc3ccccc3)CC2)no1. The van der Waals surface area contributed by atoms with E-state index in [1.165, 1.54) is 0 Å². The molecule has 1 aromatic carbocycles. The molecule has 8 heteroatoms. The van der Waals surface area contributed by atoms with Gasteiger partial charge in [0.2, 0.25) is 15.9 Å². The zero-order chi connectivity index (χ0) is 16.3.